The quantitative estimate of drug-likeness (QED) is 0.101. The molecule has 3 heterocycles. The summed E-state index contributed by atoms with van der Waals surface area (Å²) < 4.78 is 5.92. The molecule has 0 bridgehead atoms. The number of anilines is 2. The van der Waals surface area contributed by atoms with E-state index in [1.807, 2.05) is 0 Å². The Hall–Kier alpha value is -5.86. The number of H-pyrrole nitrogens is 1. The molecule has 0 fully saturated rings. The lowest BCUT2D eigenvalue weighted by atomic mass is 9.92. The summed E-state index contributed by atoms with van der Waals surface area (Å²) in [6, 6.07) is 21.4. The van der Waals surface area contributed by atoms with Gasteiger partial charge < -0.3 is 24.7 Å². The second-order valence-corrected chi connectivity index (χ2v) is 11.2. The number of para-hydroxylation sites is 1. The number of halogens is 1. The fraction of sp³-hybridized carbons (Fsp3) is 0.121. The highest BCUT2D eigenvalue weighted by Crippen LogP contribution is 2.47. The van der Waals surface area contributed by atoms with Gasteiger partial charge in [-0.15, -0.1) is 11.6 Å². The van der Waals surface area contributed by atoms with Crippen molar-refractivity contribution in [3.63, 3.8) is 0 Å². The minimum Gasteiger partial charge on any atom is -0.507 e. The number of phenols is 1. The Morgan fingerprint density at radius 3 is 2.73 bits per heavy atom. The molecule has 0 radical (unpaired) electrons. The molecule has 0 spiro atoms. The van der Waals surface area contributed by atoms with Crippen LogP contribution >= 0.6 is 11.6 Å². The van der Waals surface area contributed by atoms with Gasteiger partial charge in [0, 0.05) is 52.3 Å². The zero-order chi connectivity index (χ0) is 31.4. The third-order valence-electron chi connectivity index (χ3n) is 8.13. The predicted octanol–water partition coefficient (Wildman–Crippen LogP) is 7.18. The summed E-state index contributed by atoms with van der Waals surface area (Å²) in [5.41, 5.74) is 2.95. The van der Waals surface area contributed by atoms with E-state index in [-0.39, 0.29) is 34.3 Å². The number of rotatable bonds is 6. The number of aromatic nitrogens is 1. The molecule has 12 heteroatoms. The first kappa shape index (κ1) is 27.9. The number of nitro groups is 1. The fourth-order valence-corrected chi connectivity index (χ4v) is 6.34. The van der Waals surface area contributed by atoms with Crippen LogP contribution in [0.5, 0.6) is 5.75 Å². The summed E-state index contributed by atoms with van der Waals surface area (Å²) in [4.78, 5) is 42.1. The number of furan rings is 1. The van der Waals surface area contributed by atoms with E-state index in [1.165, 1.54) is 6.07 Å². The number of nitriles is 1. The maximum absolute atomic E-state index is 13.9. The Morgan fingerprint density at radius 1 is 1.11 bits per heavy atom. The number of aromatic hydroxyl groups is 1. The number of nitro benzene ring substituents is 1. The number of hydrogen-bond donors (Lipinski definition) is 3. The molecule has 7 rings (SSSR count). The van der Waals surface area contributed by atoms with Crippen molar-refractivity contribution in [1.82, 2.24) is 4.98 Å². The van der Waals surface area contributed by atoms with Gasteiger partial charge in [0.1, 0.15) is 22.5 Å². The number of phenolic OH excluding ortho intramolecular Hbond substituents is 1. The third-order valence-corrected chi connectivity index (χ3v) is 8.35. The van der Waals surface area contributed by atoms with Crippen molar-refractivity contribution >= 4 is 73.1 Å². The van der Waals surface area contributed by atoms with E-state index in [2.05, 4.69) is 16.4 Å². The van der Waals surface area contributed by atoms with Gasteiger partial charge in [-0.3, -0.25) is 19.7 Å². The summed E-state index contributed by atoms with van der Waals surface area (Å²) in [6.07, 6.45) is 0.585. The highest BCUT2D eigenvalue weighted by Gasteiger charge is 2.36. The van der Waals surface area contributed by atoms with Crippen LogP contribution in [0.25, 0.3) is 32.6 Å². The molecular weight excluding hydrogens is 598 g/mol. The number of nitrogens with one attached hydrogen (secondary N) is 2. The second-order valence-electron chi connectivity index (χ2n) is 10.8. The molecule has 1 aliphatic rings. The van der Waals surface area contributed by atoms with Gasteiger partial charge in [-0.1, -0.05) is 12.1 Å². The SMILES string of the molecule is N#Cc1ccc2c(O)cc3c(c2c1)C(CCCl)CN3C(=O)c1cc2cc(NC(=O)c3cc4cccc([N+](=O)[O-])c4[nH]3)ccc2o1. The first-order valence-corrected chi connectivity index (χ1v) is 14.5. The van der Waals surface area contributed by atoms with Gasteiger partial charge in [-0.05, 0) is 65.9 Å². The third kappa shape index (κ3) is 4.68. The summed E-state index contributed by atoms with van der Waals surface area (Å²) in [5.74, 6) is -0.599. The molecule has 4 aromatic carbocycles. The zero-order valence-corrected chi connectivity index (χ0v) is 24.1. The molecule has 0 saturated carbocycles. The highest BCUT2D eigenvalue weighted by atomic mass is 35.5. The van der Waals surface area contributed by atoms with E-state index in [4.69, 9.17) is 16.0 Å². The molecule has 45 heavy (non-hydrogen) atoms. The normalized spacial score (nSPS) is 14.1. The standard InChI is InChI=1S/C33H22ClN5O6/c34-9-8-19-16-38(26-14-27(40)22-6-4-17(15-35)10-23(22)30(19)26)33(42)29-13-20-11-21(5-7-28(20)45-29)36-32(41)24-12-18-2-1-3-25(39(43)44)31(18)37-24/h1-7,10-14,19,37,40H,8-9,16H2,(H,36,41). The van der Waals surface area contributed by atoms with Crippen molar-refractivity contribution in [2.75, 3.05) is 22.6 Å². The molecular formula is C33H22ClN5O6. The summed E-state index contributed by atoms with van der Waals surface area (Å²) in [6.45, 7) is 0.317. The van der Waals surface area contributed by atoms with Gasteiger partial charge in [-0.25, -0.2) is 0 Å². The van der Waals surface area contributed by atoms with Gasteiger partial charge >= 0.3 is 0 Å². The van der Waals surface area contributed by atoms with Gasteiger partial charge in [0.25, 0.3) is 17.5 Å². The van der Waals surface area contributed by atoms with Crippen LogP contribution in [0.3, 0.4) is 0 Å². The Bertz CT molecular complexity index is 2270. The summed E-state index contributed by atoms with van der Waals surface area (Å²) >= 11 is 6.13. The average molecular weight is 620 g/mol. The maximum atomic E-state index is 13.9. The second kappa shape index (κ2) is 10.7. The molecule has 0 aliphatic carbocycles. The van der Waals surface area contributed by atoms with E-state index < -0.39 is 16.7 Å². The summed E-state index contributed by atoms with van der Waals surface area (Å²) in [5, 5.41) is 36.8. The first-order valence-electron chi connectivity index (χ1n) is 13.9. The van der Waals surface area contributed by atoms with Crippen LogP contribution in [0, 0.1) is 21.4 Å². The van der Waals surface area contributed by atoms with E-state index in [0.717, 1.165) is 5.56 Å². The number of hydrogen-bond acceptors (Lipinski definition) is 7. The van der Waals surface area contributed by atoms with Crippen LogP contribution < -0.4 is 10.2 Å². The molecule has 2 aromatic heterocycles. The molecule has 222 valence electrons. The van der Waals surface area contributed by atoms with Crippen LogP contribution in [0.4, 0.5) is 17.1 Å². The van der Waals surface area contributed by atoms with Crippen molar-refractivity contribution in [2.24, 2.45) is 0 Å². The lowest BCUT2D eigenvalue weighted by Crippen LogP contribution is -2.29. The number of amides is 2. The molecule has 11 nitrogen and oxygen atoms in total. The molecule has 2 amide bonds. The number of fused-ring (bicyclic) bond motifs is 5. The minimum atomic E-state index is -0.513. The lowest BCUT2D eigenvalue weighted by molar-refractivity contribution is -0.383. The van der Waals surface area contributed by atoms with Crippen molar-refractivity contribution in [3.8, 4) is 11.8 Å². The van der Waals surface area contributed by atoms with E-state index >= 15 is 0 Å². The first-order chi connectivity index (χ1) is 21.7. The van der Waals surface area contributed by atoms with Crippen LogP contribution in [0.1, 0.15) is 44.5 Å². The van der Waals surface area contributed by atoms with E-state index in [0.29, 0.717) is 62.9 Å². The van der Waals surface area contributed by atoms with Gasteiger partial charge in [0.2, 0.25) is 0 Å². The number of alkyl halides is 1. The van der Waals surface area contributed by atoms with E-state index in [1.54, 1.807) is 71.6 Å². The number of aromatic amines is 1. The number of carbonyl (C=O) groups excluding carboxylic acids is 2. The highest BCUT2D eigenvalue weighted by molar-refractivity contribution is 6.18. The zero-order valence-electron chi connectivity index (χ0n) is 23.3. The number of non-ortho nitro benzene ring substituents is 1. The Balaban J connectivity index is 1.19. The van der Waals surface area contributed by atoms with E-state index in [9.17, 15) is 30.1 Å². The molecule has 1 atom stereocenters. The molecule has 1 aliphatic heterocycles. The average Bonchev–Trinajstić information content (AvgIpc) is 3.76. The molecule has 3 N–H and O–H groups in total. The van der Waals surface area contributed by atoms with Crippen molar-refractivity contribution in [1.29, 1.82) is 5.26 Å². The van der Waals surface area contributed by atoms with Gasteiger partial charge in [0.05, 0.1) is 22.2 Å². The Morgan fingerprint density at radius 2 is 1.96 bits per heavy atom. The number of carbonyl (C=O) groups is 2. The van der Waals surface area contributed by atoms with Crippen molar-refractivity contribution < 1.29 is 24.0 Å². The van der Waals surface area contributed by atoms with Crippen molar-refractivity contribution in [2.45, 2.75) is 12.3 Å². The largest absolute Gasteiger partial charge is 0.507 e. The Kier molecular flexibility index (Phi) is 6.64. The summed E-state index contributed by atoms with van der Waals surface area (Å²) in [7, 11) is 0. The van der Waals surface area contributed by atoms with Crippen LogP contribution in [0.15, 0.2) is 77.2 Å². The van der Waals surface area contributed by atoms with Gasteiger partial charge in [0.15, 0.2) is 5.76 Å². The van der Waals surface area contributed by atoms with Crippen molar-refractivity contribution in [3.05, 3.63) is 105 Å². The number of benzene rings is 4. The smallest absolute Gasteiger partial charge is 0.294 e. The fourth-order valence-electron chi connectivity index (χ4n) is 6.08. The minimum absolute atomic E-state index is 0.00730. The van der Waals surface area contributed by atoms with Crippen LogP contribution in [-0.4, -0.2) is 39.3 Å². The topological polar surface area (TPSA) is 166 Å². The predicted molar refractivity (Wildman–Crippen MR) is 169 cm³/mol. The van der Waals surface area contributed by atoms with Gasteiger partial charge in [-0.2, -0.15) is 5.26 Å². The number of nitrogens with zero attached hydrogens (tertiary/aromatic N) is 3. The Labute approximate surface area is 259 Å². The lowest BCUT2D eigenvalue weighted by Gasteiger charge is -2.17. The molecule has 0 saturated heterocycles. The maximum Gasteiger partial charge on any atom is 0.294 e. The van der Waals surface area contributed by atoms with Crippen LogP contribution in [0.2, 0.25) is 0 Å². The monoisotopic (exact) mass is 619 g/mol. The molecule has 6 aromatic rings. The van der Waals surface area contributed by atoms with Crippen LogP contribution in [-0.2, 0) is 0 Å². The molecule has 1 unspecified atom stereocenters.